The molecule has 0 saturated heterocycles. The third-order valence-corrected chi connectivity index (χ3v) is 2.64. The van der Waals surface area contributed by atoms with Crippen molar-refractivity contribution in [3.8, 4) is 0 Å². The number of hydrogen-bond acceptors (Lipinski definition) is 4. The van der Waals surface area contributed by atoms with Gasteiger partial charge < -0.3 is 19.9 Å². The Labute approximate surface area is 117 Å². The van der Waals surface area contributed by atoms with Gasteiger partial charge in [-0.25, -0.2) is 4.39 Å². The van der Waals surface area contributed by atoms with Crippen LogP contribution in [0.5, 0.6) is 0 Å². The highest BCUT2D eigenvalue weighted by molar-refractivity contribution is 6.31. The van der Waals surface area contributed by atoms with Crippen LogP contribution in [0.15, 0.2) is 18.2 Å². The van der Waals surface area contributed by atoms with E-state index in [0.29, 0.717) is 32.1 Å². The number of benzene rings is 1. The van der Waals surface area contributed by atoms with Crippen molar-refractivity contribution in [2.45, 2.75) is 13.0 Å². The summed E-state index contributed by atoms with van der Waals surface area (Å²) >= 11 is 5.65. The fraction of sp³-hybridized carbons (Fsp3) is 0.538. The fourth-order valence-corrected chi connectivity index (χ4v) is 1.56. The zero-order chi connectivity index (χ0) is 14.1. The van der Waals surface area contributed by atoms with Gasteiger partial charge in [0.25, 0.3) is 0 Å². The molecule has 2 N–H and O–H groups in total. The second-order valence-corrected chi connectivity index (χ2v) is 4.34. The van der Waals surface area contributed by atoms with Gasteiger partial charge in [-0.15, -0.1) is 0 Å². The SMILES string of the molecule is CCOCCOCC(O)CNc1ccc(F)c(Cl)c1. The lowest BCUT2D eigenvalue weighted by Gasteiger charge is -2.13. The van der Waals surface area contributed by atoms with Crippen molar-refractivity contribution in [1.29, 1.82) is 0 Å². The van der Waals surface area contributed by atoms with Crippen LogP contribution in [0.2, 0.25) is 5.02 Å². The molecular weight excluding hydrogens is 273 g/mol. The maximum atomic E-state index is 12.9. The van der Waals surface area contributed by atoms with Crippen LogP contribution in [0.1, 0.15) is 6.92 Å². The van der Waals surface area contributed by atoms with Crippen LogP contribution in [0.25, 0.3) is 0 Å². The molecule has 108 valence electrons. The maximum Gasteiger partial charge on any atom is 0.141 e. The van der Waals surface area contributed by atoms with Crippen molar-refractivity contribution < 1.29 is 19.0 Å². The lowest BCUT2D eigenvalue weighted by molar-refractivity contribution is 0.0103. The van der Waals surface area contributed by atoms with E-state index in [9.17, 15) is 9.50 Å². The van der Waals surface area contributed by atoms with E-state index in [2.05, 4.69) is 5.32 Å². The fourth-order valence-electron chi connectivity index (χ4n) is 1.38. The van der Waals surface area contributed by atoms with Crippen LogP contribution in [0.4, 0.5) is 10.1 Å². The third kappa shape index (κ3) is 6.73. The van der Waals surface area contributed by atoms with Crippen LogP contribution in [-0.4, -0.2) is 44.2 Å². The van der Waals surface area contributed by atoms with Crippen molar-refractivity contribution in [2.24, 2.45) is 0 Å². The van der Waals surface area contributed by atoms with Crippen molar-refractivity contribution in [1.82, 2.24) is 0 Å². The van der Waals surface area contributed by atoms with Crippen molar-refractivity contribution in [3.05, 3.63) is 29.0 Å². The molecule has 19 heavy (non-hydrogen) atoms. The average molecular weight is 292 g/mol. The highest BCUT2D eigenvalue weighted by Crippen LogP contribution is 2.19. The zero-order valence-electron chi connectivity index (χ0n) is 10.9. The average Bonchev–Trinajstić information content (AvgIpc) is 2.40. The molecule has 0 aliphatic carbocycles. The molecule has 4 nitrogen and oxygen atoms in total. The first-order chi connectivity index (χ1) is 9.13. The van der Waals surface area contributed by atoms with Crippen LogP contribution < -0.4 is 5.32 Å². The van der Waals surface area contributed by atoms with Crippen molar-refractivity contribution >= 4 is 17.3 Å². The number of aliphatic hydroxyl groups excluding tert-OH is 1. The quantitative estimate of drug-likeness (QED) is 0.686. The monoisotopic (exact) mass is 291 g/mol. The van der Waals surface area contributed by atoms with Gasteiger partial charge in [-0.1, -0.05) is 11.6 Å². The highest BCUT2D eigenvalue weighted by atomic mass is 35.5. The standard InChI is InChI=1S/C13H19ClFNO3/c1-2-18-5-6-19-9-11(17)8-16-10-3-4-13(15)12(14)7-10/h3-4,7,11,16-17H,2,5-6,8-9H2,1H3. The summed E-state index contributed by atoms with van der Waals surface area (Å²) in [5.74, 6) is -0.466. The Hall–Kier alpha value is -0.880. The minimum atomic E-state index is -0.648. The number of ether oxygens (including phenoxy) is 2. The normalized spacial score (nSPS) is 12.4. The second-order valence-electron chi connectivity index (χ2n) is 3.94. The summed E-state index contributed by atoms with van der Waals surface area (Å²) in [7, 11) is 0. The summed E-state index contributed by atoms with van der Waals surface area (Å²) in [4.78, 5) is 0. The summed E-state index contributed by atoms with van der Waals surface area (Å²) in [6.07, 6.45) is -0.648. The predicted octanol–water partition coefficient (Wildman–Crippen LogP) is 2.30. The molecule has 0 fully saturated rings. The summed E-state index contributed by atoms with van der Waals surface area (Å²) in [5.41, 5.74) is 0.653. The van der Waals surface area contributed by atoms with E-state index in [1.165, 1.54) is 12.1 Å². The Morgan fingerprint density at radius 1 is 1.37 bits per heavy atom. The molecule has 6 heteroatoms. The van der Waals surface area contributed by atoms with Crippen LogP contribution in [0, 0.1) is 5.82 Å². The zero-order valence-corrected chi connectivity index (χ0v) is 11.6. The molecular formula is C13H19ClFNO3. The van der Waals surface area contributed by atoms with Gasteiger partial charge in [0.2, 0.25) is 0 Å². The molecule has 1 atom stereocenters. The molecule has 1 rings (SSSR count). The Morgan fingerprint density at radius 3 is 2.79 bits per heavy atom. The summed E-state index contributed by atoms with van der Waals surface area (Å²) in [5, 5.41) is 12.7. The third-order valence-electron chi connectivity index (χ3n) is 2.35. The molecule has 0 radical (unpaired) electrons. The number of hydrogen-bond donors (Lipinski definition) is 2. The Balaban J connectivity index is 2.18. The van der Waals surface area contributed by atoms with Gasteiger partial charge in [0.1, 0.15) is 5.82 Å². The maximum absolute atomic E-state index is 12.9. The van der Waals surface area contributed by atoms with Gasteiger partial charge in [0, 0.05) is 18.8 Å². The smallest absolute Gasteiger partial charge is 0.141 e. The van der Waals surface area contributed by atoms with Crippen LogP contribution in [0.3, 0.4) is 0 Å². The minimum absolute atomic E-state index is 0.0486. The van der Waals surface area contributed by atoms with Gasteiger partial charge in [0.15, 0.2) is 0 Å². The first kappa shape index (κ1) is 16.2. The van der Waals surface area contributed by atoms with Gasteiger partial charge in [-0.2, -0.15) is 0 Å². The summed E-state index contributed by atoms with van der Waals surface area (Å²) in [6.45, 7) is 4.05. The molecule has 0 amide bonds. The first-order valence-corrected chi connectivity index (χ1v) is 6.53. The molecule has 0 heterocycles. The lowest BCUT2D eigenvalue weighted by Crippen LogP contribution is -2.25. The lowest BCUT2D eigenvalue weighted by atomic mass is 10.3. The second kappa shape index (κ2) is 9.09. The highest BCUT2D eigenvalue weighted by Gasteiger charge is 2.05. The van der Waals surface area contributed by atoms with Gasteiger partial charge in [-0.05, 0) is 25.1 Å². The van der Waals surface area contributed by atoms with E-state index in [0.717, 1.165) is 0 Å². The first-order valence-electron chi connectivity index (χ1n) is 6.16. The molecule has 1 aromatic rings. The molecule has 1 unspecified atom stereocenters. The molecule has 0 aliphatic heterocycles. The number of rotatable bonds is 9. The molecule has 0 saturated carbocycles. The largest absolute Gasteiger partial charge is 0.389 e. The van der Waals surface area contributed by atoms with E-state index >= 15 is 0 Å². The van der Waals surface area contributed by atoms with Crippen molar-refractivity contribution in [2.75, 3.05) is 38.3 Å². The Kier molecular flexibility index (Phi) is 7.74. The Bertz CT molecular complexity index is 379. The van der Waals surface area contributed by atoms with E-state index in [1.807, 2.05) is 6.92 Å². The molecule has 0 aliphatic rings. The van der Waals surface area contributed by atoms with E-state index in [4.69, 9.17) is 21.1 Å². The molecule has 1 aromatic carbocycles. The summed E-state index contributed by atoms with van der Waals surface area (Å²) in [6, 6.07) is 4.30. The minimum Gasteiger partial charge on any atom is -0.389 e. The van der Waals surface area contributed by atoms with Crippen LogP contribution >= 0.6 is 11.6 Å². The number of aliphatic hydroxyl groups is 1. The van der Waals surface area contributed by atoms with Crippen molar-refractivity contribution in [3.63, 3.8) is 0 Å². The number of anilines is 1. The van der Waals surface area contributed by atoms with Crippen LogP contribution in [-0.2, 0) is 9.47 Å². The van der Waals surface area contributed by atoms with E-state index in [1.54, 1.807) is 6.07 Å². The predicted molar refractivity (Wildman–Crippen MR) is 73.2 cm³/mol. The van der Waals surface area contributed by atoms with Gasteiger partial charge in [-0.3, -0.25) is 0 Å². The number of halogens is 2. The van der Waals surface area contributed by atoms with E-state index < -0.39 is 11.9 Å². The molecule has 0 spiro atoms. The van der Waals surface area contributed by atoms with E-state index in [-0.39, 0.29) is 11.6 Å². The number of nitrogens with one attached hydrogen (secondary N) is 1. The van der Waals surface area contributed by atoms with Gasteiger partial charge >= 0.3 is 0 Å². The molecule has 0 aromatic heterocycles. The molecule has 0 bridgehead atoms. The van der Waals surface area contributed by atoms with Gasteiger partial charge in [0.05, 0.1) is 30.9 Å². The summed E-state index contributed by atoms with van der Waals surface area (Å²) < 4.78 is 23.2. The topological polar surface area (TPSA) is 50.7 Å². The Morgan fingerprint density at radius 2 is 2.11 bits per heavy atom.